The summed E-state index contributed by atoms with van der Waals surface area (Å²) in [4.78, 5) is 36.9. The van der Waals surface area contributed by atoms with Crippen LogP contribution in [0.3, 0.4) is 0 Å². The zero-order chi connectivity index (χ0) is 25.4. The van der Waals surface area contributed by atoms with E-state index in [4.69, 9.17) is 11.6 Å². The first-order valence-electron chi connectivity index (χ1n) is 10.2. The van der Waals surface area contributed by atoms with E-state index in [0.29, 0.717) is 5.56 Å². The fourth-order valence-electron chi connectivity index (χ4n) is 3.76. The molecule has 3 aromatic carbocycles. The molecule has 0 aliphatic heterocycles. The lowest BCUT2D eigenvalue weighted by molar-refractivity contribution is -0.139. The summed E-state index contributed by atoms with van der Waals surface area (Å²) in [5.41, 5.74) is -0.444. The number of carbonyl (C=O) groups excluding carboxylic acids is 1. The Morgan fingerprint density at radius 1 is 1.03 bits per heavy atom. The number of benzene rings is 3. The van der Waals surface area contributed by atoms with Crippen LogP contribution in [0.15, 0.2) is 59.4 Å². The summed E-state index contributed by atoms with van der Waals surface area (Å²) in [5.74, 6) is -5.53. The van der Waals surface area contributed by atoms with Crippen LogP contribution in [0.2, 0.25) is 5.02 Å². The number of hydrogen-bond donors (Lipinski definition) is 2. The van der Waals surface area contributed by atoms with Gasteiger partial charge in [-0.05, 0) is 42.0 Å². The first-order chi connectivity index (χ1) is 16.6. The summed E-state index contributed by atoms with van der Waals surface area (Å²) in [6, 6.07) is 10.3. The Morgan fingerprint density at radius 3 is 2.34 bits per heavy atom. The third-order valence-electron chi connectivity index (χ3n) is 5.54. The van der Waals surface area contributed by atoms with Crippen molar-refractivity contribution in [2.75, 3.05) is 0 Å². The second-order valence-corrected chi connectivity index (χ2v) is 8.14. The molecule has 7 nitrogen and oxygen atoms in total. The highest BCUT2D eigenvalue weighted by Gasteiger charge is 2.25. The molecule has 4 aromatic rings. The summed E-state index contributed by atoms with van der Waals surface area (Å²) in [5, 5.41) is 11.6. The fourth-order valence-corrected chi connectivity index (χ4v) is 4.01. The Hall–Kier alpha value is -4.05. The van der Waals surface area contributed by atoms with Crippen molar-refractivity contribution in [3.05, 3.63) is 98.7 Å². The van der Waals surface area contributed by atoms with Gasteiger partial charge in [0.25, 0.3) is 5.91 Å². The molecule has 0 aliphatic carbocycles. The monoisotopic (exact) mass is 503 g/mol. The third-order valence-corrected chi connectivity index (χ3v) is 5.85. The predicted octanol–water partition coefficient (Wildman–Crippen LogP) is 3.83. The zero-order valence-corrected chi connectivity index (χ0v) is 18.8. The number of halogens is 4. The first-order valence-corrected chi connectivity index (χ1v) is 10.6. The Balaban J connectivity index is 1.62. The molecule has 0 bridgehead atoms. The number of aryl methyl sites for hydroxylation is 1. The van der Waals surface area contributed by atoms with Gasteiger partial charge in [0.2, 0.25) is 0 Å². The van der Waals surface area contributed by atoms with Gasteiger partial charge in [-0.3, -0.25) is 13.9 Å². The van der Waals surface area contributed by atoms with E-state index in [0.717, 1.165) is 16.7 Å². The predicted molar refractivity (Wildman–Crippen MR) is 122 cm³/mol. The van der Waals surface area contributed by atoms with E-state index >= 15 is 0 Å². The van der Waals surface area contributed by atoms with E-state index in [9.17, 15) is 32.7 Å². The van der Waals surface area contributed by atoms with Gasteiger partial charge in [0.15, 0.2) is 11.6 Å². The fraction of sp³-hybridized carbons (Fsp3) is 0.125. The zero-order valence-electron chi connectivity index (χ0n) is 18.1. The molecule has 180 valence electrons. The normalized spacial score (nSPS) is 12.0. The van der Waals surface area contributed by atoms with Crippen molar-refractivity contribution in [2.24, 2.45) is 7.05 Å². The van der Waals surface area contributed by atoms with Crippen molar-refractivity contribution >= 4 is 34.5 Å². The van der Waals surface area contributed by atoms with Gasteiger partial charge in [-0.1, -0.05) is 29.8 Å². The molecule has 1 atom stereocenters. The second-order valence-electron chi connectivity index (χ2n) is 7.74. The average Bonchev–Trinajstić information content (AvgIpc) is 3.07. The highest BCUT2D eigenvalue weighted by molar-refractivity contribution is 6.33. The van der Waals surface area contributed by atoms with E-state index in [-0.39, 0.29) is 28.2 Å². The SMILES string of the molecule is Cn1c(=O)n(-c2ccc(C[C@H](NC(=O)c3c(F)cccc3Cl)C(=O)O)cc2)c2c(F)c(F)ccc21. The van der Waals surface area contributed by atoms with E-state index in [1.165, 1.54) is 54.1 Å². The largest absolute Gasteiger partial charge is 0.480 e. The van der Waals surface area contributed by atoms with Crippen LogP contribution in [0.5, 0.6) is 0 Å². The number of carbonyl (C=O) groups is 2. The lowest BCUT2D eigenvalue weighted by Crippen LogP contribution is -2.42. The van der Waals surface area contributed by atoms with E-state index in [1.807, 2.05) is 0 Å². The molecule has 35 heavy (non-hydrogen) atoms. The number of aromatic nitrogens is 2. The number of rotatable bonds is 6. The minimum atomic E-state index is -1.42. The van der Waals surface area contributed by atoms with Gasteiger partial charge in [-0.25, -0.2) is 22.8 Å². The molecule has 2 N–H and O–H groups in total. The molecule has 0 saturated carbocycles. The first kappa shape index (κ1) is 24.1. The Kier molecular flexibility index (Phi) is 6.40. The van der Waals surface area contributed by atoms with Gasteiger partial charge in [0, 0.05) is 13.5 Å². The molecule has 0 spiro atoms. The van der Waals surface area contributed by atoms with Crippen molar-refractivity contribution in [1.29, 1.82) is 0 Å². The number of imidazole rings is 1. The summed E-state index contributed by atoms with van der Waals surface area (Å²) in [6.45, 7) is 0. The number of nitrogens with one attached hydrogen (secondary N) is 1. The number of nitrogens with zero attached hydrogens (tertiary/aromatic N) is 2. The molecule has 0 radical (unpaired) electrons. The summed E-state index contributed by atoms with van der Waals surface area (Å²) >= 11 is 5.87. The maximum atomic E-state index is 14.5. The van der Waals surface area contributed by atoms with E-state index in [2.05, 4.69) is 5.32 Å². The molecule has 1 heterocycles. The Bertz CT molecular complexity index is 1510. The van der Waals surface area contributed by atoms with Crippen LogP contribution >= 0.6 is 11.6 Å². The minimum absolute atomic E-state index is 0.166. The molecular weight excluding hydrogens is 487 g/mol. The lowest BCUT2D eigenvalue weighted by Gasteiger charge is -2.16. The summed E-state index contributed by atoms with van der Waals surface area (Å²) < 4.78 is 44.5. The molecule has 0 unspecified atom stereocenters. The maximum absolute atomic E-state index is 14.5. The van der Waals surface area contributed by atoms with Gasteiger partial charge >= 0.3 is 11.7 Å². The van der Waals surface area contributed by atoms with Gasteiger partial charge in [-0.15, -0.1) is 0 Å². The number of fused-ring (bicyclic) bond motifs is 1. The number of hydrogen-bond acceptors (Lipinski definition) is 3. The smallest absolute Gasteiger partial charge is 0.333 e. The van der Waals surface area contributed by atoms with Crippen LogP contribution in [0, 0.1) is 17.5 Å². The number of amides is 1. The van der Waals surface area contributed by atoms with Gasteiger partial charge < -0.3 is 10.4 Å². The van der Waals surface area contributed by atoms with E-state index < -0.39 is 46.6 Å². The van der Waals surface area contributed by atoms with Gasteiger partial charge in [-0.2, -0.15) is 0 Å². The standard InChI is InChI=1S/C24H17ClF3N3O4/c1-30-18-10-9-16(27)20(28)21(18)31(24(30)35)13-7-5-12(6-8-13)11-17(23(33)34)29-22(32)19-14(25)3-2-4-15(19)26/h2-10,17H,11H2,1H3,(H,29,32)(H,33,34)/t17-/m0/s1. The van der Waals surface area contributed by atoms with Crippen LogP contribution in [-0.2, 0) is 18.3 Å². The highest BCUT2D eigenvalue weighted by atomic mass is 35.5. The van der Waals surface area contributed by atoms with Crippen molar-refractivity contribution in [3.8, 4) is 5.69 Å². The quantitative estimate of drug-likeness (QED) is 0.418. The van der Waals surface area contributed by atoms with Gasteiger partial charge in [0.1, 0.15) is 17.4 Å². The molecule has 0 saturated heterocycles. The summed E-state index contributed by atoms with van der Waals surface area (Å²) in [6.07, 6.45) is -0.180. The molecule has 4 rings (SSSR count). The van der Waals surface area contributed by atoms with Gasteiger partial charge in [0.05, 0.1) is 21.8 Å². The highest BCUT2D eigenvalue weighted by Crippen LogP contribution is 2.23. The van der Waals surface area contributed by atoms with Crippen molar-refractivity contribution in [3.63, 3.8) is 0 Å². The van der Waals surface area contributed by atoms with Crippen LogP contribution in [0.25, 0.3) is 16.7 Å². The molecular formula is C24H17ClF3N3O4. The molecule has 1 aromatic heterocycles. The summed E-state index contributed by atoms with van der Waals surface area (Å²) in [7, 11) is 1.43. The maximum Gasteiger partial charge on any atom is 0.333 e. The van der Waals surface area contributed by atoms with E-state index in [1.54, 1.807) is 0 Å². The molecule has 0 aliphatic rings. The van der Waals surface area contributed by atoms with Crippen molar-refractivity contribution in [2.45, 2.75) is 12.5 Å². The van der Waals surface area contributed by atoms with Crippen LogP contribution in [0.1, 0.15) is 15.9 Å². The Labute approximate surface area is 201 Å². The molecule has 0 fully saturated rings. The van der Waals surface area contributed by atoms with Crippen LogP contribution in [-0.4, -0.2) is 32.2 Å². The second kappa shape index (κ2) is 9.30. The topological polar surface area (TPSA) is 93.3 Å². The third kappa shape index (κ3) is 4.40. The van der Waals surface area contributed by atoms with Crippen LogP contribution < -0.4 is 11.0 Å². The number of aliphatic carboxylic acids is 1. The van der Waals surface area contributed by atoms with Crippen LogP contribution in [0.4, 0.5) is 13.2 Å². The number of carboxylic acid groups (broad SMARTS) is 1. The minimum Gasteiger partial charge on any atom is -0.480 e. The molecule has 11 heteroatoms. The lowest BCUT2D eigenvalue weighted by atomic mass is 10.0. The Morgan fingerprint density at radius 2 is 1.71 bits per heavy atom. The molecule has 1 amide bonds. The van der Waals surface area contributed by atoms with Crippen molar-refractivity contribution in [1.82, 2.24) is 14.5 Å². The number of carboxylic acids is 1. The average molecular weight is 504 g/mol. The van der Waals surface area contributed by atoms with Crippen molar-refractivity contribution < 1.29 is 27.9 Å².